The zero-order valence-corrected chi connectivity index (χ0v) is 11.3. The summed E-state index contributed by atoms with van der Waals surface area (Å²) in [6.07, 6.45) is 3.89. The molecule has 0 aliphatic heterocycles. The first-order chi connectivity index (χ1) is 8.52. The SMILES string of the molecule is CN(C)C(=O)NCCNC(=O)C1(CN)CCCC1. The third-order valence-corrected chi connectivity index (χ3v) is 3.53. The van der Waals surface area contributed by atoms with Gasteiger partial charge in [0.1, 0.15) is 0 Å². The molecule has 0 heterocycles. The second-order valence-electron chi connectivity index (χ2n) is 5.07. The molecule has 0 unspecified atom stereocenters. The summed E-state index contributed by atoms with van der Waals surface area (Å²) in [5, 5.41) is 5.56. The highest BCUT2D eigenvalue weighted by Crippen LogP contribution is 2.37. The van der Waals surface area contributed by atoms with E-state index in [1.54, 1.807) is 14.1 Å². The van der Waals surface area contributed by atoms with Crippen molar-refractivity contribution in [2.75, 3.05) is 33.7 Å². The van der Waals surface area contributed by atoms with Crippen LogP contribution in [-0.4, -0.2) is 50.6 Å². The molecule has 0 aromatic rings. The topological polar surface area (TPSA) is 87.5 Å². The normalized spacial score (nSPS) is 17.3. The Morgan fingerprint density at radius 2 is 1.72 bits per heavy atom. The van der Waals surface area contributed by atoms with E-state index in [2.05, 4.69) is 10.6 Å². The Labute approximate surface area is 108 Å². The summed E-state index contributed by atoms with van der Waals surface area (Å²) in [5.41, 5.74) is 5.36. The van der Waals surface area contributed by atoms with Gasteiger partial charge in [-0.25, -0.2) is 4.79 Å². The molecule has 4 N–H and O–H groups in total. The van der Waals surface area contributed by atoms with Gasteiger partial charge in [-0.15, -0.1) is 0 Å². The first-order valence-corrected chi connectivity index (χ1v) is 6.45. The molecule has 0 bridgehead atoms. The van der Waals surface area contributed by atoms with E-state index in [0.29, 0.717) is 19.6 Å². The van der Waals surface area contributed by atoms with E-state index >= 15 is 0 Å². The summed E-state index contributed by atoms with van der Waals surface area (Å²) in [4.78, 5) is 24.8. The van der Waals surface area contributed by atoms with E-state index in [1.165, 1.54) is 4.90 Å². The van der Waals surface area contributed by atoms with Crippen LogP contribution in [0.3, 0.4) is 0 Å². The van der Waals surface area contributed by atoms with Crippen LogP contribution >= 0.6 is 0 Å². The van der Waals surface area contributed by atoms with Crippen molar-refractivity contribution in [3.63, 3.8) is 0 Å². The Morgan fingerprint density at radius 3 is 2.22 bits per heavy atom. The summed E-state index contributed by atoms with van der Waals surface area (Å²) in [6, 6.07) is -0.154. The average molecular weight is 256 g/mol. The van der Waals surface area contributed by atoms with E-state index in [9.17, 15) is 9.59 Å². The molecule has 104 valence electrons. The number of amides is 3. The largest absolute Gasteiger partial charge is 0.354 e. The molecule has 6 heteroatoms. The number of nitrogens with one attached hydrogen (secondary N) is 2. The van der Waals surface area contributed by atoms with Crippen LogP contribution in [0.2, 0.25) is 0 Å². The van der Waals surface area contributed by atoms with Crippen LogP contribution in [0, 0.1) is 5.41 Å². The number of rotatable bonds is 5. The van der Waals surface area contributed by atoms with Crippen molar-refractivity contribution in [1.82, 2.24) is 15.5 Å². The predicted molar refractivity (Wildman–Crippen MR) is 70.1 cm³/mol. The lowest BCUT2D eigenvalue weighted by Crippen LogP contribution is -2.47. The smallest absolute Gasteiger partial charge is 0.316 e. The maximum Gasteiger partial charge on any atom is 0.316 e. The third-order valence-electron chi connectivity index (χ3n) is 3.53. The van der Waals surface area contributed by atoms with Gasteiger partial charge in [0, 0.05) is 33.7 Å². The molecule has 6 nitrogen and oxygen atoms in total. The lowest BCUT2D eigenvalue weighted by atomic mass is 9.85. The highest BCUT2D eigenvalue weighted by atomic mass is 16.2. The van der Waals surface area contributed by atoms with Crippen molar-refractivity contribution in [2.45, 2.75) is 25.7 Å². The van der Waals surface area contributed by atoms with E-state index in [-0.39, 0.29) is 17.4 Å². The fraction of sp³-hybridized carbons (Fsp3) is 0.833. The zero-order valence-electron chi connectivity index (χ0n) is 11.3. The van der Waals surface area contributed by atoms with Crippen LogP contribution in [0.25, 0.3) is 0 Å². The van der Waals surface area contributed by atoms with Crippen molar-refractivity contribution in [2.24, 2.45) is 11.1 Å². The molecule has 1 rings (SSSR count). The Morgan fingerprint density at radius 1 is 1.17 bits per heavy atom. The van der Waals surface area contributed by atoms with E-state index in [0.717, 1.165) is 25.7 Å². The number of carbonyl (C=O) groups is 2. The number of nitrogens with two attached hydrogens (primary N) is 1. The predicted octanol–water partition coefficient (Wildman–Crippen LogP) is -0.107. The molecule has 1 aliphatic carbocycles. The molecular weight excluding hydrogens is 232 g/mol. The standard InChI is InChI=1S/C12H24N4O2/c1-16(2)11(18)15-8-7-14-10(17)12(9-13)5-3-4-6-12/h3-9,13H2,1-2H3,(H,14,17)(H,15,18). The fourth-order valence-corrected chi connectivity index (χ4v) is 2.27. The zero-order chi connectivity index (χ0) is 13.6. The average Bonchev–Trinajstić information content (AvgIpc) is 2.83. The van der Waals surface area contributed by atoms with Gasteiger partial charge in [-0.1, -0.05) is 12.8 Å². The van der Waals surface area contributed by atoms with Crippen molar-refractivity contribution < 1.29 is 9.59 Å². The van der Waals surface area contributed by atoms with Gasteiger partial charge in [-0.3, -0.25) is 4.79 Å². The summed E-state index contributed by atoms with van der Waals surface area (Å²) >= 11 is 0. The number of carbonyl (C=O) groups excluding carboxylic acids is 2. The summed E-state index contributed by atoms with van der Waals surface area (Å²) in [7, 11) is 3.35. The molecule has 0 saturated heterocycles. The molecule has 1 saturated carbocycles. The molecule has 0 spiro atoms. The second kappa shape index (κ2) is 6.58. The minimum atomic E-state index is -0.369. The van der Waals surface area contributed by atoms with Gasteiger partial charge in [0.25, 0.3) is 0 Å². The number of hydrogen-bond acceptors (Lipinski definition) is 3. The highest BCUT2D eigenvalue weighted by Gasteiger charge is 2.39. The minimum Gasteiger partial charge on any atom is -0.354 e. The van der Waals surface area contributed by atoms with Gasteiger partial charge in [-0.2, -0.15) is 0 Å². The van der Waals surface area contributed by atoms with Crippen LogP contribution in [-0.2, 0) is 4.79 Å². The first-order valence-electron chi connectivity index (χ1n) is 6.45. The molecule has 18 heavy (non-hydrogen) atoms. The van der Waals surface area contributed by atoms with Gasteiger partial charge in [0.2, 0.25) is 5.91 Å². The van der Waals surface area contributed by atoms with Crippen LogP contribution in [0.5, 0.6) is 0 Å². The van der Waals surface area contributed by atoms with Crippen molar-refractivity contribution in [3.8, 4) is 0 Å². The maximum atomic E-state index is 12.1. The Hall–Kier alpha value is -1.30. The quantitative estimate of drug-likeness (QED) is 0.600. The molecule has 3 amide bonds. The van der Waals surface area contributed by atoms with Gasteiger partial charge < -0.3 is 21.3 Å². The molecule has 0 aromatic heterocycles. The maximum absolute atomic E-state index is 12.1. The lowest BCUT2D eigenvalue weighted by molar-refractivity contribution is -0.130. The summed E-state index contributed by atoms with van der Waals surface area (Å²) < 4.78 is 0. The molecular formula is C12H24N4O2. The van der Waals surface area contributed by atoms with Crippen LogP contribution < -0.4 is 16.4 Å². The number of hydrogen-bond donors (Lipinski definition) is 3. The molecule has 1 fully saturated rings. The summed E-state index contributed by atoms with van der Waals surface area (Å²) in [5.74, 6) is 0.0293. The monoisotopic (exact) mass is 256 g/mol. The van der Waals surface area contributed by atoms with E-state index < -0.39 is 0 Å². The van der Waals surface area contributed by atoms with E-state index in [4.69, 9.17) is 5.73 Å². The highest BCUT2D eigenvalue weighted by molar-refractivity contribution is 5.83. The summed E-state index contributed by atoms with van der Waals surface area (Å²) in [6.45, 7) is 1.28. The number of nitrogens with zero attached hydrogens (tertiary/aromatic N) is 1. The Kier molecular flexibility index (Phi) is 5.40. The first kappa shape index (κ1) is 14.8. The van der Waals surface area contributed by atoms with Gasteiger partial charge in [-0.05, 0) is 12.8 Å². The van der Waals surface area contributed by atoms with Crippen LogP contribution in [0.1, 0.15) is 25.7 Å². The van der Waals surface area contributed by atoms with Crippen LogP contribution in [0.4, 0.5) is 4.79 Å². The molecule has 0 atom stereocenters. The van der Waals surface area contributed by atoms with Gasteiger partial charge >= 0.3 is 6.03 Å². The fourth-order valence-electron chi connectivity index (χ4n) is 2.27. The number of urea groups is 1. The third kappa shape index (κ3) is 3.60. The van der Waals surface area contributed by atoms with Gasteiger partial charge in [0.05, 0.1) is 5.41 Å². The van der Waals surface area contributed by atoms with Crippen molar-refractivity contribution >= 4 is 11.9 Å². The van der Waals surface area contributed by atoms with E-state index in [1.807, 2.05) is 0 Å². The van der Waals surface area contributed by atoms with Gasteiger partial charge in [0.15, 0.2) is 0 Å². The molecule has 0 radical (unpaired) electrons. The Balaban J connectivity index is 2.27. The van der Waals surface area contributed by atoms with Crippen molar-refractivity contribution in [3.05, 3.63) is 0 Å². The Bertz CT molecular complexity index is 298. The lowest BCUT2D eigenvalue weighted by Gasteiger charge is -2.25. The second-order valence-corrected chi connectivity index (χ2v) is 5.07. The minimum absolute atomic E-state index is 0.0293. The van der Waals surface area contributed by atoms with Crippen LogP contribution in [0.15, 0.2) is 0 Å². The molecule has 0 aromatic carbocycles. The molecule has 1 aliphatic rings. The van der Waals surface area contributed by atoms with Crippen molar-refractivity contribution in [1.29, 1.82) is 0 Å².